The molecule has 0 aromatic carbocycles. The molecular weight excluding hydrogens is 224 g/mol. The summed E-state index contributed by atoms with van der Waals surface area (Å²) in [4.78, 5) is 10.2. The molecule has 17 heavy (non-hydrogen) atoms. The van der Waals surface area contributed by atoms with Crippen molar-refractivity contribution in [1.29, 1.82) is 0 Å². The Morgan fingerprint density at radius 2 is 2.29 bits per heavy atom. The second kappa shape index (κ2) is 5.62. The summed E-state index contributed by atoms with van der Waals surface area (Å²) < 4.78 is 1.37. The van der Waals surface area contributed by atoms with Crippen LogP contribution in [-0.4, -0.2) is 32.5 Å². The van der Waals surface area contributed by atoms with Crippen molar-refractivity contribution >= 4 is 11.5 Å². The molecule has 0 saturated heterocycles. The van der Waals surface area contributed by atoms with Gasteiger partial charge < -0.3 is 10.4 Å². The van der Waals surface area contributed by atoms with Crippen LogP contribution < -0.4 is 5.32 Å². The summed E-state index contributed by atoms with van der Waals surface area (Å²) in [5.41, 5.74) is -0.0794. The van der Waals surface area contributed by atoms with Gasteiger partial charge in [0, 0.05) is 13.6 Å². The summed E-state index contributed by atoms with van der Waals surface area (Å²) in [6.45, 7) is 4.27. The van der Waals surface area contributed by atoms with Gasteiger partial charge in [0.05, 0.1) is 11.0 Å². The van der Waals surface area contributed by atoms with Crippen LogP contribution in [0.4, 0.5) is 11.5 Å². The van der Waals surface area contributed by atoms with Gasteiger partial charge >= 0.3 is 5.69 Å². The van der Waals surface area contributed by atoms with E-state index in [1.807, 2.05) is 13.8 Å². The molecule has 7 heteroatoms. The molecule has 2 N–H and O–H groups in total. The van der Waals surface area contributed by atoms with Crippen LogP contribution in [0.25, 0.3) is 0 Å². The molecule has 0 aliphatic heterocycles. The molecular formula is C10H18N4O3. The Morgan fingerprint density at radius 1 is 1.65 bits per heavy atom. The fraction of sp³-hybridized carbons (Fsp3) is 0.700. The van der Waals surface area contributed by atoms with Gasteiger partial charge in [0.1, 0.15) is 6.20 Å². The summed E-state index contributed by atoms with van der Waals surface area (Å²) in [6.07, 6.45) is 1.45. The molecule has 1 heterocycles. The van der Waals surface area contributed by atoms with Crippen molar-refractivity contribution in [2.24, 2.45) is 13.0 Å². The number of hydrogen-bond donors (Lipinski definition) is 2. The first-order chi connectivity index (χ1) is 7.90. The zero-order valence-electron chi connectivity index (χ0n) is 10.3. The maximum absolute atomic E-state index is 10.7. The Hall–Kier alpha value is -1.63. The Morgan fingerprint density at radius 3 is 2.82 bits per heavy atom. The predicted molar refractivity (Wildman–Crippen MR) is 63.8 cm³/mol. The molecule has 1 aromatic rings. The number of aryl methyl sites for hydroxylation is 1. The smallest absolute Gasteiger partial charge is 0.330 e. The van der Waals surface area contributed by atoms with Gasteiger partial charge in [-0.3, -0.25) is 14.8 Å². The first kappa shape index (κ1) is 13.4. The average molecular weight is 242 g/mol. The molecule has 1 rings (SSSR count). The third-order valence-electron chi connectivity index (χ3n) is 2.25. The lowest BCUT2D eigenvalue weighted by atomic mass is 10.1. The third-order valence-corrected chi connectivity index (χ3v) is 2.25. The van der Waals surface area contributed by atoms with Crippen molar-refractivity contribution < 1.29 is 10.0 Å². The molecule has 1 unspecified atom stereocenters. The zero-order chi connectivity index (χ0) is 13.0. The van der Waals surface area contributed by atoms with Gasteiger partial charge in [-0.15, -0.1) is 5.10 Å². The summed E-state index contributed by atoms with van der Waals surface area (Å²) in [7, 11) is 1.61. The van der Waals surface area contributed by atoms with Gasteiger partial charge in [0.15, 0.2) is 0 Å². The van der Waals surface area contributed by atoms with E-state index in [0.717, 1.165) is 0 Å². The van der Waals surface area contributed by atoms with Crippen LogP contribution >= 0.6 is 0 Å². The van der Waals surface area contributed by atoms with Crippen LogP contribution in [0.2, 0.25) is 0 Å². The maximum atomic E-state index is 10.7. The van der Waals surface area contributed by atoms with Gasteiger partial charge in [-0.05, 0) is 12.3 Å². The number of rotatable bonds is 6. The van der Waals surface area contributed by atoms with Crippen molar-refractivity contribution in [3.05, 3.63) is 16.3 Å². The van der Waals surface area contributed by atoms with E-state index in [1.165, 1.54) is 10.9 Å². The number of nitrogens with zero attached hydrogens (tertiary/aromatic N) is 3. The van der Waals surface area contributed by atoms with Crippen molar-refractivity contribution in [2.75, 3.05) is 11.9 Å². The van der Waals surface area contributed by atoms with Gasteiger partial charge in [-0.1, -0.05) is 13.8 Å². The Bertz CT molecular complexity index is 389. The monoisotopic (exact) mass is 242 g/mol. The number of anilines is 1. The number of aromatic nitrogens is 2. The van der Waals surface area contributed by atoms with Gasteiger partial charge in [-0.2, -0.15) is 0 Å². The van der Waals surface area contributed by atoms with Gasteiger partial charge in [0.25, 0.3) is 0 Å². The van der Waals surface area contributed by atoms with Crippen molar-refractivity contribution in [3.63, 3.8) is 0 Å². The van der Waals surface area contributed by atoms with E-state index in [1.54, 1.807) is 7.05 Å². The second-order valence-electron chi connectivity index (χ2n) is 4.46. The summed E-state index contributed by atoms with van der Waals surface area (Å²) in [6, 6.07) is 0. The Kier molecular flexibility index (Phi) is 4.45. The molecule has 0 aliphatic carbocycles. The normalized spacial score (nSPS) is 12.8. The van der Waals surface area contributed by atoms with E-state index in [2.05, 4.69) is 10.4 Å². The van der Waals surface area contributed by atoms with Crippen molar-refractivity contribution in [3.8, 4) is 0 Å². The molecule has 96 valence electrons. The molecule has 0 radical (unpaired) electrons. The minimum atomic E-state index is -0.531. The largest absolute Gasteiger partial charge is 0.391 e. The molecule has 0 bridgehead atoms. The van der Waals surface area contributed by atoms with E-state index in [0.29, 0.717) is 12.3 Å². The lowest BCUT2D eigenvalue weighted by molar-refractivity contribution is -0.384. The number of aliphatic hydroxyl groups is 1. The highest BCUT2D eigenvalue weighted by Gasteiger charge is 2.19. The maximum Gasteiger partial charge on any atom is 0.330 e. The van der Waals surface area contributed by atoms with Crippen LogP contribution in [0.1, 0.15) is 20.3 Å². The molecule has 1 atom stereocenters. The molecule has 0 spiro atoms. The molecule has 0 fully saturated rings. The van der Waals surface area contributed by atoms with Crippen molar-refractivity contribution in [2.45, 2.75) is 26.4 Å². The topological polar surface area (TPSA) is 93.2 Å². The van der Waals surface area contributed by atoms with E-state index in [-0.39, 0.29) is 18.1 Å². The zero-order valence-corrected chi connectivity index (χ0v) is 10.3. The lowest BCUT2D eigenvalue weighted by Crippen LogP contribution is -2.21. The quantitative estimate of drug-likeness (QED) is 0.576. The average Bonchev–Trinajstić information content (AvgIpc) is 2.55. The standard InChI is InChI=1S/C10H18N4O3/c1-7(2)4-8(15)5-11-10-9(14(16)17)6-13(3)12-10/h6-8,15H,4-5H2,1-3H3,(H,11,12). The first-order valence-corrected chi connectivity index (χ1v) is 5.50. The molecule has 0 saturated carbocycles. The first-order valence-electron chi connectivity index (χ1n) is 5.50. The number of nitrogens with one attached hydrogen (secondary N) is 1. The fourth-order valence-electron chi connectivity index (χ4n) is 1.58. The highest BCUT2D eigenvalue weighted by atomic mass is 16.6. The number of aliphatic hydroxyl groups excluding tert-OH is 1. The van der Waals surface area contributed by atoms with Gasteiger partial charge in [-0.25, -0.2) is 0 Å². The van der Waals surface area contributed by atoms with Crippen LogP contribution in [0.15, 0.2) is 6.20 Å². The van der Waals surface area contributed by atoms with Crippen LogP contribution in [0, 0.1) is 16.0 Å². The summed E-state index contributed by atoms with van der Waals surface area (Å²) in [5, 5.41) is 27.1. The molecule has 0 amide bonds. The van der Waals surface area contributed by atoms with Crippen LogP contribution in [0.5, 0.6) is 0 Å². The number of nitro groups is 1. The predicted octanol–water partition coefficient (Wildman–Crippen LogP) is 1.15. The SMILES string of the molecule is CC(C)CC(O)CNc1nn(C)cc1[N+](=O)[O-]. The van der Waals surface area contributed by atoms with E-state index >= 15 is 0 Å². The highest BCUT2D eigenvalue weighted by Crippen LogP contribution is 2.21. The van der Waals surface area contributed by atoms with Crippen LogP contribution in [0.3, 0.4) is 0 Å². The molecule has 1 aromatic heterocycles. The van der Waals surface area contributed by atoms with Crippen LogP contribution in [-0.2, 0) is 7.05 Å². The molecule has 7 nitrogen and oxygen atoms in total. The minimum absolute atomic E-state index is 0.0794. The third kappa shape index (κ3) is 4.03. The van der Waals surface area contributed by atoms with E-state index in [9.17, 15) is 15.2 Å². The second-order valence-corrected chi connectivity index (χ2v) is 4.46. The summed E-state index contributed by atoms with van der Waals surface area (Å²) >= 11 is 0. The Labute approximate surface area is 99.6 Å². The fourth-order valence-corrected chi connectivity index (χ4v) is 1.58. The summed E-state index contributed by atoms with van der Waals surface area (Å²) in [5.74, 6) is 0.575. The minimum Gasteiger partial charge on any atom is -0.391 e. The van der Waals surface area contributed by atoms with Gasteiger partial charge in [0.2, 0.25) is 5.82 Å². The highest BCUT2D eigenvalue weighted by molar-refractivity contribution is 5.54. The van der Waals surface area contributed by atoms with E-state index in [4.69, 9.17) is 0 Å². The molecule has 0 aliphatic rings. The van der Waals surface area contributed by atoms with E-state index < -0.39 is 11.0 Å². The Balaban J connectivity index is 2.59. The lowest BCUT2D eigenvalue weighted by Gasteiger charge is -2.13. The van der Waals surface area contributed by atoms with Crippen molar-refractivity contribution in [1.82, 2.24) is 9.78 Å². The number of hydrogen-bond acceptors (Lipinski definition) is 5.